The van der Waals surface area contributed by atoms with E-state index in [0.717, 1.165) is 16.7 Å². The fourth-order valence-corrected chi connectivity index (χ4v) is 8.62. The fourth-order valence-electron chi connectivity index (χ4n) is 8.62. The van der Waals surface area contributed by atoms with Gasteiger partial charge in [-0.25, -0.2) is 0 Å². The van der Waals surface area contributed by atoms with Crippen molar-refractivity contribution in [1.82, 2.24) is 21.3 Å². The number of quaternary nitrogens is 1. The van der Waals surface area contributed by atoms with Crippen molar-refractivity contribution in [3.05, 3.63) is 101 Å². The average Bonchev–Trinajstić information content (AvgIpc) is 4.05. The normalized spacial score (nSPS) is 18.2. The van der Waals surface area contributed by atoms with Crippen LogP contribution in [-0.4, -0.2) is 122 Å². The van der Waals surface area contributed by atoms with Crippen LogP contribution >= 0.6 is 0 Å². The maximum atomic E-state index is 14.5. The third-order valence-electron chi connectivity index (χ3n) is 12.2. The van der Waals surface area contributed by atoms with Crippen LogP contribution < -0.4 is 26.0 Å². The average molecular weight is 940 g/mol. The van der Waals surface area contributed by atoms with E-state index in [-0.39, 0.29) is 55.9 Å². The highest BCUT2D eigenvalue weighted by Crippen LogP contribution is 2.30. The molecule has 2 aliphatic heterocycles. The largest absolute Gasteiger partial charge is 0.426 e. The summed E-state index contributed by atoms with van der Waals surface area (Å²) in [7, 11) is 1.42. The Hall–Kier alpha value is -5.97. The molecular formula is C52H71N6O10+. The lowest BCUT2D eigenvalue weighted by molar-refractivity contribution is -0.940. The molecule has 5 rings (SSSR count). The third kappa shape index (κ3) is 16.1. The minimum Gasteiger partial charge on any atom is -0.426 e. The highest BCUT2D eigenvalue weighted by atomic mass is 16.6. The Balaban J connectivity index is 1.38. The number of aryl methyl sites for hydroxylation is 2. The standard InChI is InChI=1S/C52H70N6O10/c1-34(2)25-43(48(61)52(7)33-67-52)55-51(64)45(29-39-17-13-10-14-18-39)57-50(63)44(26-35(3)4)56-49(62)42(20-19-38-15-11-9-12-16-38)54-46(60)32-58(21-23-66-24-22-58)31-40-27-36(5)47(68-37(6)59)41(28-40)30-53-65-8/h9-18,27-28,30,34-35,42-45H,19-26,29,31-33H2,1-8H3,(H3-,54,55,56,57,60,62,63,64)/p+1/b53-30+/t42-,43?,44?,45-,52+/m0/s1. The highest BCUT2D eigenvalue weighted by Gasteiger charge is 2.50. The van der Waals surface area contributed by atoms with Gasteiger partial charge in [0.2, 0.25) is 17.7 Å². The molecule has 2 heterocycles. The second-order valence-electron chi connectivity index (χ2n) is 19.2. The van der Waals surface area contributed by atoms with E-state index in [1.165, 1.54) is 20.2 Å². The molecule has 2 unspecified atom stereocenters. The summed E-state index contributed by atoms with van der Waals surface area (Å²) in [6.07, 6.45) is 2.95. The fraction of sp³-hybridized carbons (Fsp3) is 0.519. The summed E-state index contributed by atoms with van der Waals surface area (Å²) in [5.74, 6) is -2.27. The number of esters is 1. The molecule has 0 spiro atoms. The summed E-state index contributed by atoms with van der Waals surface area (Å²) in [5, 5.41) is 15.8. The molecule has 3 aromatic rings. The van der Waals surface area contributed by atoms with Gasteiger partial charge >= 0.3 is 5.97 Å². The molecular weight excluding hydrogens is 869 g/mol. The van der Waals surface area contributed by atoms with Crippen LogP contribution in [0.2, 0.25) is 0 Å². The van der Waals surface area contributed by atoms with Crippen molar-refractivity contribution in [1.29, 1.82) is 0 Å². The summed E-state index contributed by atoms with van der Waals surface area (Å²) < 4.78 is 17.1. The summed E-state index contributed by atoms with van der Waals surface area (Å²) >= 11 is 0. The molecule has 16 nitrogen and oxygen atoms in total. The highest BCUT2D eigenvalue weighted by molar-refractivity contribution is 5.99. The van der Waals surface area contributed by atoms with Crippen LogP contribution in [0.1, 0.15) is 88.6 Å². The number of amides is 4. The quantitative estimate of drug-likeness (QED) is 0.0234. The molecule has 0 saturated carbocycles. The topological polar surface area (TPSA) is 203 Å². The molecule has 0 bridgehead atoms. The van der Waals surface area contributed by atoms with Crippen molar-refractivity contribution in [3.63, 3.8) is 0 Å². The molecule has 2 saturated heterocycles. The van der Waals surface area contributed by atoms with Crippen molar-refractivity contribution < 1.29 is 52.3 Å². The van der Waals surface area contributed by atoms with Gasteiger partial charge in [0.25, 0.3) is 5.91 Å². The van der Waals surface area contributed by atoms with Crippen LogP contribution in [0.3, 0.4) is 0 Å². The lowest BCUT2D eigenvalue weighted by Crippen LogP contribution is -2.61. The Morgan fingerprint density at radius 2 is 1.32 bits per heavy atom. The minimum atomic E-state index is -1.08. The first kappa shape index (κ1) is 53.0. The van der Waals surface area contributed by atoms with Crippen LogP contribution in [0.5, 0.6) is 5.75 Å². The molecule has 4 N–H and O–H groups in total. The van der Waals surface area contributed by atoms with Gasteiger partial charge in [0.1, 0.15) is 56.2 Å². The van der Waals surface area contributed by atoms with E-state index in [9.17, 15) is 28.8 Å². The Kier molecular flexibility index (Phi) is 19.4. The molecule has 0 aliphatic carbocycles. The number of ether oxygens (including phenoxy) is 3. The van der Waals surface area contributed by atoms with Gasteiger partial charge in [0.15, 0.2) is 12.3 Å². The lowest BCUT2D eigenvalue weighted by atomic mass is 9.93. The lowest BCUT2D eigenvalue weighted by Gasteiger charge is -2.41. The summed E-state index contributed by atoms with van der Waals surface area (Å²) in [4.78, 5) is 87.9. The van der Waals surface area contributed by atoms with Gasteiger partial charge in [-0.15, -0.1) is 0 Å². The van der Waals surface area contributed by atoms with E-state index < -0.39 is 53.5 Å². The zero-order valence-corrected chi connectivity index (χ0v) is 40.9. The number of nitrogens with zero attached hydrogens (tertiary/aromatic N) is 2. The number of oxime groups is 1. The number of nitrogens with one attached hydrogen (secondary N) is 4. The first-order valence-electron chi connectivity index (χ1n) is 23.7. The van der Waals surface area contributed by atoms with Gasteiger partial charge in [-0.2, -0.15) is 0 Å². The maximum Gasteiger partial charge on any atom is 0.308 e. The number of ketones is 1. The van der Waals surface area contributed by atoms with Gasteiger partial charge in [-0.05, 0) is 80.2 Å². The molecule has 5 atom stereocenters. The molecule has 16 heteroatoms. The Labute approximate surface area is 400 Å². The number of hydrogen-bond acceptors (Lipinski definition) is 11. The Morgan fingerprint density at radius 3 is 1.91 bits per heavy atom. The van der Waals surface area contributed by atoms with Crippen molar-refractivity contribution in [2.45, 2.75) is 117 Å². The smallest absolute Gasteiger partial charge is 0.308 e. The molecule has 0 aromatic heterocycles. The SMILES string of the molecule is CO/N=C/c1cc(C[N+]2(CC(=O)N[C@@H](CCc3ccccc3)C(=O)NC(CC(C)C)C(=O)N[C@@H](Cc3ccccc3)C(=O)NC(CC(C)C)C(=O)[C@@]3(C)CO3)CCOCC2)cc(C)c1OC(C)=O. The Bertz CT molecular complexity index is 2220. The zero-order chi connectivity index (χ0) is 49.4. The molecule has 368 valence electrons. The van der Waals surface area contributed by atoms with E-state index in [1.54, 1.807) is 6.92 Å². The van der Waals surface area contributed by atoms with Crippen LogP contribution in [0.15, 0.2) is 78.0 Å². The number of carbonyl (C=O) groups excluding carboxylic acids is 6. The monoisotopic (exact) mass is 940 g/mol. The van der Waals surface area contributed by atoms with E-state index in [0.29, 0.717) is 67.0 Å². The van der Waals surface area contributed by atoms with Crippen LogP contribution in [0.25, 0.3) is 0 Å². The number of Topliss-reactive ketones (excluding diaryl/α,β-unsaturated/α-hetero) is 1. The number of rotatable bonds is 25. The second-order valence-corrected chi connectivity index (χ2v) is 19.2. The van der Waals surface area contributed by atoms with Gasteiger partial charge < -0.3 is 44.8 Å². The van der Waals surface area contributed by atoms with Crippen LogP contribution in [-0.2, 0) is 62.5 Å². The predicted octanol–water partition coefficient (Wildman–Crippen LogP) is 4.51. The molecule has 4 amide bonds. The number of epoxide rings is 1. The van der Waals surface area contributed by atoms with Gasteiger partial charge in [-0.3, -0.25) is 28.8 Å². The Morgan fingerprint density at radius 1 is 0.765 bits per heavy atom. The third-order valence-corrected chi connectivity index (χ3v) is 12.2. The molecule has 68 heavy (non-hydrogen) atoms. The van der Waals surface area contributed by atoms with Gasteiger partial charge in [0.05, 0.1) is 32.1 Å². The minimum absolute atomic E-state index is 0.0302. The summed E-state index contributed by atoms with van der Waals surface area (Å²) in [6.45, 7) is 15.3. The molecule has 2 aliphatic rings. The number of carbonyl (C=O) groups is 6. The van der Waals surface area contributed by atoms with Gasteiger partial charge in [-0.1, -0.05) is 93.5 Å². The van der Waals surface area contributed by atoms with Crippen molar-refractivity contribution in [2.24, 2.45) is 17.0 Å². The van der Waals surface area contributed by atoms with Crippen molar-refractivity contribution in [2.75, 3.05) is 46.6 Å². The number of hydrogen-bond donors (Lipinski definition) is 4. The molecule has 0 radical (unpaired) electrons. The maximum absolute atomic E-state index is 14.5. The first-order valence-corrected chi connectivity index (χ1v) is 23.7. The number of morpholine rings is 1. The first-order chi connectivity index (χ1) is 32.4. The van der Waals surface area contributed by atoms with Crippen LogP contribution in [0, 0.1) is 18.8 Å². The van der Waals surface area contributed by atoms with E-state index in [4.69, 9.17) is 19.0 Å². The van der Waals surface area contributed by atoms with Crippen LogP contribution in [0.4, 0.5) is 0 Å². The predicted molar refractivity (Wildman–Crippen MR) is 257 cm³/mol. The summed E-state index contributed by atoms with van der Waals surface area (Å²) in [5.41, 5.74) is 2.93. The molecule has 3 aromatic carbocycles. The van der Waals surface area contributed by atoms with Crippen molar-refractivity contribution in [3.8, 4) is 5.75 Å². The van der Waals surface area contributed by atoms with E-state index in [1.807, 2.05) is 107 Å². The summed E-state index contributed by atoms with van der Waals surface area (Å²) in [6, 6.07) is 18.7. The van der Waals surface area contributed by atoms with Gasteiger partial charge in [0, 0.05) is 24.5 Å². The second kappa shape index (κ2) is 24.9. The van der Waals surface area contributed by atoms with E-state index in [2.05, 4.69) is 26.4 Å². The number of benzene rings is 3. The van der Waals surface area contributed by atoms with Crippen molar-refractivity contribution >= 4 is 41.6 Å². The molecule has 2 fully saturated rings. The zero-order valence-electron chi connectivity index (χ0n) is 40.9. The van der Waals surface area contributed by atoms with E-state index >= 15 is 0 Å².